The van der Waals surface area contributed by atoms with Gasteiger partial charge in [-0.25, -0.2) is 0 Å². The number of benzene rings is 2. The van der Waals surface area contributed by atoms with Crippen LogP contribution in [0.1, 0.15) is 77.6 Å². The molecule has 2 rings (SSSR count). The Morgan fingerprint density at radius 1 is 0.690 bits per heavy atom. The first-order valence-corrected chi connectivity index (χ1v) is 11.7. The summed E-state index contributed by atoms with van der Waals surface area (Å²) < 4.78 is -0.134. The highest BCUT2D eigenvalue weighted by atomic mass is 32.2. The van der Waals surface area contributed by atoms with Crippen molar-refractivity contribution in [2.24, 2.45) is 0 Å². The number of aromatic hydroxyl groups is 1. The average molecular weight is 432 g/mol. The fraction of sp³-hybridized carbons (Fsp3) is 0.520. The van der Waals surface area contributed by atoms with Gasteiger partial charge in [-0.1, -0.05) is 47.1 Å². The van der Waals surface area contributed by atoms with Crippen molar-refractivity contribution in [2.75, 3.05) is 0 Å². The Kier molecular flexibility index (Phi) is 6.72. The van der Waals surface area contributed by atoms with Crippen LogP contribution in [-0.2, 0) is 10.8 Å². The summed E-state index contributed by atoms with van der Waals surface area (Å²) in [5.74, 6) is 0.542. The largest absolute Gasteiger partial charge is 0.872 e. The van der Waals surface area contributed by atoms with E-state index in [9.17, 15) is 10.2 Å². The standard InChI is InChI=1S/C25H36O2S2/c1-15-11-17(13-19(21(15)26)23(3,4)5)28-25(9,10)29-18-12-16(2)22(27)20(14-18)24(6,7)8/h11-14,26-27H,1-10H3/p-1. The molecule has 2 aromatic carbocycles. The molecule has 0 aromatic heterocycles. The van der Waals surface area contributed by atoms with Crippen LogP contribution in [0.3, 0.4) is 0 Å². The summed E-state index contributed by atoms with van der Waals surface area (Å²) >= 11 is 3.57. The van der Waals surface area contributed by atoms with Crippen LogP contribution in [-0.4, -0.2) is 9.19 Å². The molecule has 0 aliphatic rings. The molecule has 1 N–H and O–H groups in total. The Morgan fingerprint density at radius 3 is 1.55 bits per heavy atom. The van der Waals surface area contributed by atoms with E-state index in [-0.39, 0.29) is 20.7 Å². The Balaban J connectivity index is 2.37. The molecule has 29 heavy (non-hydrogen) atoms. The zero-order chi connectivity index (χ0) is 22.4. The van der Waals surface area contributed by atoms with Gasteiger partial charge in [0.25, 0.3) is 0 Å². The van der Waals surface area contributed by atoms with Gasteiger partial charge in [0.2, 0.25) is 0 Å². The zero-order valence-corrected chi connectivity index (χ0v) is 21.1. The molecule has 0 saturated carbocycles. The third-order valence-corrected chi connectivity index (χ3v) is 7.29. The van der Waals surface area contributed by atoms with Crippen molar-refractivity contribution in [3.05, 3.63) is 46.5 Å². The fourth-order valence-corrected chi connectivity index (χ4v) is 6.03. The normalized spacial score (nSPS) is 13.0. The van der Waals surface area contributed by atoms with Crippen molar-refractivity contribution in [1.29, 1.82) is 0 Å². The molecule has 0 heterocycles. The van der Waals surface area contributed by atoms with E-state index in [1.54, 1.807) is 23.5 Å². The topological polar surface area (TPSA) is 43.3 Å². The highest BCUT2D eigenvalue weighted by molar-refractivity contribution is 8.18. The van der Waals surface area contributed by atoms with Gasteiger partial charge in [0.15, 0.2) is 0 Å². The van der Waals surface area contributed by atoms with Gasteiger partial charge in [-0.2, -0.15) is 0 Å². The van der Waals surface area contributed by atoms with Crippen LogP contribution in [0.5, 0.6) is 11.5 Å². The van der Waals surface area contributed by atoms with Crippen molar-refractivity contribution in [1.82, 2.24) is 0 Å². The lowest BCUT2D eigenvalue weighted by Crippen LogP contribution is -2.16. The lowest BCUT2D eigenvalue weighted by Gasteiger charge is -2.30. The maximum absolute atomic E-state index is 12.6. The smallest absolute Gasteiger partial charge is 0.122 e. The summed E-state index contributed by atoms with van der Waals surface area (Å²) in [7, 11) is 0. The first-order chi connectivity index (χ1) is 13.0. The minimum atomic E-state index is -0.175. The van der Waals surface area contributed by atoms with Gasteiger partial charge < -0.3 is 10.2 Å². The van der Waals surface area contributed by atoms with Crippen LogP contribution in [0.2, 0.25) is 0 Å². The number of thioether (sulfide) groups is 2. The van der Waals surface area contributed by atoms with E-state index in [1.165, 1.54) is 0 Å². The molecule has 0 atom stereocenters. The summed E-state index contributed by atoms with van der Waals surface area (Å²) in [5.41, 5.74) is 3.26. The van der Waals surface area contributed by atoms with Crippen LogP contribution in [0.4, 0.5) is 0 Å². The summed E-state index contributed by atoms with van der Waals surface area (Å²) in [6.45, 7) is 20.9. The van der Waals surface area contributed by atoms with Crippen molar-refractivity contribution in [3.63, 3.8) is 0 Å². The van der Waals surface area contributed by atoms with Gasteiger partial charge in [-0.3, -0.25) is 0 Å². The molecule has 0 saturated heterocycles. The number of rotatable bonds is 4. The van der Waals surface area contributed by atoms with E-state index < -0.39 is 0 Å². The molecular formula is C25H35O2S2-. The van der Waals surface area contributed by atoms with Gasteiger partial charge >= 0.3 is 0 Å². The molecule has 0 aliphatic carbocycles. The Labute approximate surface area is 185 Å². The first-order valence-electron chi connectivity index (χ1n) is 10.1. The third kappa shape index (κ3) is 5.88. The molecule has 0 bridgehead atoms. The van der Waals surface area contributed by atoms with Gasteiger partial charge in [0.1, 0.15) is 5.75 Å². The van der Waals surface area contributed by atoms with Gasteiger partial charge in [0, 0.05) is 15.4 Å². The number of phenols is 1. The molecule has 160 valence electrons. The first kappa shape index (κ1) is 24.0. The highest BCUT2D eigenvalue weighted by Gasteiger charge is 2.26. The molecule has 0 amide bonds. The quantitative estimate of drug-likeness (QED) is 0.407. The maximum atomic E-state index is 12.6. The van der Waals surface area contributed by atoms with E-state index in [1.807, 2.05) is 19.9 Å². The second kappa shape index (κ2) is 8.11. The number of aryl methyl sites for hydroxylation is 2. The lowest BCUT2D eigenvalue weighted by molar-refractivity contribution is -0.271. The minimum Gasteiger partial charge on any atom is -0.872 e. The molecule has 0 fully saturated rings. The fourth-order valence-electron chi connectivity index (χ4n) is 3.32. The second-order valence-corrected chi connectivity index (χ2v) is 14.0. The Bertz CT molecular complexity index is 827. The number of hydrogen-bond donors (Lipinski definition) is 1. The predicted molar refractivity (Wildman–Crippen MR) is 127 cm³/mol. The molecule has 0 spiro atoms. The summed E-state index contributed by atoms with van der Waals surface area (Å²) in [4.78, 5) is 2.27. The van der Waals surface area contributed by atoms with E-state index in [2.05, 4.69) is 73.6 Å². The Morgan fingerprint density at radius 2 is 1.10 bits per heavy atom. The molecular weight excluding hydrogens is 396 g/mol. The van der Waals surface area contributed by atoms with E-state index in [0.29, 0.717) is 5.75 Å². The SMILES string of the molecule is Cc1cc(SC(C)(C)Sc2cc(C)c(O)c(C(C)(C)C)c2)cc(C(C)(C)C)c1[O-]. The van der Waals surface area contributed by atoms with Gasteiger partial charge in [0.05, 0.1) is 4.08 Å². The molecule has 0 aliphatic heterocycles. The number of hydrogen-bond acceptors (Lipinski definition) is 4. The molecule has 0 radical (unpaired) electrons. The summed E-state index contributed by atoms with van der Waals surface area (Å²) in [5, 5.41) is 23.1. The number of phenolic OH excluding ortho intramolecular Hbond substituents is 1. The van der Waals surface area contributed by atoms with Crippen LogP contribution >= 0.6 is 23.5 Å². The van der Waals surface area contributed by atoms with Crippen molar-refractivity contribution in [3.8, 4) is 11.5 Å². The molecule has 2 nitrogen and oxygen atoms in total. The molecule has 2 aromatic rings. The maximum Gasteiger partial charge on any atom is 0.122 e. The van der Waals surface area contributed by atoms with Crippen molar-refractivity contribution in [2.45, 2.75) is 93.9 Å². The van der Waals surface area contributed by atoms with Crippen LogP contribution < -0.4 is 5.11 Å². The van der Waals surface area contributed by atoms with Crippen molar-refractivity contribution >= 4 is 23.5 Å². The molecule has 0 unspecified atom stereocenters. The summed E-state index contributed by atoms with van der Waals surface area (Å²) in [6.07, 6.45) is 0. The van der Waals surface area contributed by atoms with Gasteiger partial charge in [-0.15, -0.1) is 29.3 Å². The van der Waals surface area contributed by atoms with E-state index in [0.717, 1.165) is 32.0 Å². The van der Waals surface area contributed by atoms with E-state index in [4.69, 9.17) is 0 Å². The molecule has 4 heteroatoms. The highest BCUT2D eigenvalue weighted by Crippen LogP contribution is 2.48. The van der Waals surface area contributed by atoms with Crippen LogP contribution in [0.25, 0.3) is 0 Å². The predicted octanol–water partition coefficient (Wildman–Crippen LogP) is 7.30. The third-order valence-electron chi connectivity index (χ3n) is 4.87. The van der Waals surface area contributed by atoms with Crippen molar-refractivity contribution < 1.29 is 10.2 Å². The second-order valence-electron chi connectivity index (χ2n) is 10.4. The monoisotopic (exact) mass is 431 g/mol. The van der Waals surface area contributed by atoms with Gasteiger partial charge in [-0.05, 0) is 73.9 Å². The zero-order valence-electron chi connectivity index (χ0n) is 19.5. The lowest BCUT2D eigenvalue weighted by atomic mass is 9.85. The van der Waals surface area contributed by atoms with Crippen LogP contribution in [0, 0.1) is 13.8 Å². The average Bonchev–Trinajstić information content (AvgIpc) is 2.51. The summed E-state index contributed by atoms with van der Waals surface area (Å²) in [6, 6.07) is 8.24. The minimum absolute atomic E-state index is 0.120. The van der Waals surface area contributed by atoms with E-state index >= 15 is 0 Å². The Hall–Kier alpha value is -1.26. The van der Waals surface area contributed by atoms with Crippen LogP contribution in [0.15, 0.2) is 34.1 Å².